The predicted octanol–water partition coefficient (Wildman–Crippen LogP) is 2.88. The summed E-state index contributed by atoms with van der Waals surface area (Å²) in [5.74, 6) is 0.633. The van der Waals surface area contributed by atoms with Gasteiger partial charge in [-0.3, -0.25) is 4.72 Å². The summed E-state index contributed by atoms with van der Waals surface area (Å²) >= 11 is 4.32. The van der Waals surface area contributed by atoms with E-state index in [0.29, 0.717) is 10.9 Å². The van der Waals surface area contributed by atoms with Gasteiger partial charge in [-0.15, -0.1) is 11.3 Å². The first-order valence-electron chi connectivity index (χ1n) is 5.80. The molecule has 0 saturated carbocycles. The maximum Gasteiger partial charge on any atom is 0.268 e. The molecule has 2 aromatic rings. The normalized spacial score (nSPS) is 12.1. The number of nitrogens with one attached hydrogen (secondary N) is 1. The van der Waals surface area contributed by atoms with Crippen LogP contribution < -0.4 is 10.5 Å². The van der Waals surface area contributed by atoms with Crippen LogP contribution in [0.15, 0.2) is 25.4 Å². The highest BCUT2D eigenvalue weighted by atomic mass is 79.9. The fraction of sp³-hybridized carbons (Fsp3) is 0.364. The molecule has 0 radical (unpaired) electrons. The van der Waals surface area contributed by atoms with Crippen LogP contribution >= 0.6 is 27.3 Å². The van der Waals surface area contributed by atoms with Crippen LogP contribution in [0.1, 0.15) is 31.2 Å². The van der Waals surface area contributed by atoms with E-state index >= 15 is 0 Å². The smallest absolute Gasteiger partial charge is 0.268 e. The van der Waals surface area contributed by atoms with Gasteiger partial charge in [-0.2, -0.15) is 0 Å². The molecule has 0 aliphatic carbocycles. The number of nitrogens with zero attached hydrogens (tertiary/aromatic N) is 1. The summed E-state index contributed by atoms with van der Waals surface area (Å²) in [5, 5.41) is 2.16. The largest absolute Gasteiger partial charge is 0.452 e. The van der Waals surface area contributed by atoms with Crippen molar-refractivity contribution in [2.45, 2.75) is 31.2 Å². The summed E-state index contributed by atoms with van der Waals surface area (Å²) in [6.07, 6.45) is 0. The van der Waals surface area contributed by atoms with Gasteiger partial charge in [0.2, 0.25) is 0 Å². The molecule has 0 spiro atoms. The minimum absolute atomic E-state index is 0.0132. The summed E-state index contributed by atoms with van der Waals surface area (Å²) in [6, 6.07) is 1.39. The molecule has 110 valence electrons. The van der Waals surface area contributed by atoms with Crippen molar-refractivity contribution in [1.82, 2.24) is 4.98 Å². The van der Waals surface area contributed by atoms with Crippen molar-refractivity contribution >= 4 is 42.4 Å². The summed E-state index contributed by atoms with van der Waals surface area (Å²) < 4.78 is 32.3. The number of hydrogen-bond donors (Lipinski definition) is 2. The maximum absolute atomic E-state index is 12.3. The Balaban J connectivity index is 2.28. The van der Waals surface area contributed by atoms with Gasteiger partial charge >= 0.3 is 0 Å². The molecule has 0 bridgehead atoms. The lowest BCUT2D eigenvalue weighted by Gasteiger charge is -2.03. The molecule has 20 heavy (non-hydrogen) atoms. The molecule has 0 fully saturated rings. The van der Waals surface area contributed by atoms with Crippen LogP contribution in [0.25, 0.3) is 0 Å². The molecule has 0 amide bonds. The van der Waals surface area contributed by atoms with E-state index in [1.54, 1.807) is 0 Å². The van der Waals surface area contributed by atoms with Gasteiger partial charge in [-0.1, -0.05) is 13.8 Å². The third-order valence-corrected chi connectivity index (χ3v) is 5.63. The highest BCUT2D eigenvalue weighted by molar-refractivity contribution is 9.10. The average molecular weight is 380 g/mol. The topological polar surface area (TPSA) is 98.2 Å². The Labute approximate surface area is 129 Å². The molecule has 0 unspecified atom stereocenters. The van der Waals surface area contributed by atoms with Crippen LogP contribution in [-0.4, -0.2) is 13.4 Å². The lowest BCUT2D eigenvalue weighted by molar-refractivity contribution is 0.484. The second-order valence-corrected chi connectivity index (χ2v) is 7.62. The first kappa shape index (κ1) is 15.5. The minimum Gasteiger partial charge on any atom is -0.452 e. The van der Waals surface area contributed by atoms with E-state index in [1.165, 1.54) is 17.4 Å². The molecule has 9 heteroatoms. The Hall–Kier alpha value is -0.900. The predicted molar refractivity (Wildman–Crippen MR) is 81.3 cm³/mol. The summed E-state index contributed by atoms with van der Waals surface area (Å²) in [4.78, 5) is 4.25. The number of anilines is 1. The molecule has 0 aliphatic heterocycles. The van der Waals surface area contributed by atoms with Crippen molar-refractivity contribution in [2.75, 3.05) is 4.72 Å². The van der Waals surface area contributed by atoms with E-state index in [-0.39, 0.29) is 22.0 Å². The molecule has 0 atom stereocenters. The zero-order valence-electron chi connectivity index (χ0n) is 10.9. The molecular formula is C11H14BrN3O3S2. The number of furan rings is 1. The van der Waals surface area contributed by atoms with E-state index in [1.807, 2.05) is 19.2 Å². The second-order valence-electron chi connectivity index (χ2n) is 4.39. The first-order valence-corrected chi connectivity index (χ1v) is 8.95. The Bertz CT molecular complexity index is 706. The van der Waals surface area contributed by atoms with Crippen molar-refractivity contribution in [3.05, 3.63) is 27.6 Å². The minimum atomic E-state index is -3.74. The Morgan fingerprint density at radius 2 is 2.25 bits per heavy atom. The van der Waals surface area contributed by atoms with E-state index in [0.717, 1.165) is 5.69 Å². The Morgan fingerprint density at radius 3 is 2.75 bits per heavy atom. The lowest BCUT2D eigenvalue weighted by atomic mass is 10.2. The Kier molecular flexibility index (Phi) is 4.52. The summed E-state index contributed by atoms with van der Waals surface area (Å²) in [7, 11) is -3.74. The summed E-state index contributed by atoms with van der Waals surface area (Å²) in [5.41, 5.74) is 6.27. The second kappa shape index (κ2) is 5.84. The van der Waals surface area contributed by atoms with Crippen LogP contribution in [0.4, 0.5) is 5.13 Å². The van der Waals surface area contributed by atoms with Gasteiger partial charge in [0.15, 0.2) is 9.80 Å². The Morgan fingerprint density at radius 1 is 1.55 bits per heavy atom. The fourth-order valence-corrected chi connectivity index (χ4v) is 4.57. The standard InChI is InChI=1S/C11H14BrN3O3S2/c1-6(2)8-5-19-11(14-8)15-20(16,17)9-3-7(4-13)18-10(9)12/h3,5-6H,4,13H2,1-2H3,(H,14,15). The van der Waals surface area contributed by atoms with Crippen LogP contribution in [0.3, 0.4) is 0 Å². The molecule has 6 nitrogen and oxygen atoms in total. The van der Waals surface area contributed by atoms with Crippen molar-refractivity contribution < 1.29 is 12.8 Å². The van der Waals surface area contributed by atoms with Gasteiger partial charge in [0.1, 0.15) is 10.7 Å². The van der Waals surface area contributed by atoms with Crippen molar-refractivity contribution in [1.29, 1.82) is 0 Å². The van der Waals surface area contributed by atoms with Crippen molar-refractivity contribution in [3.8, 4) is 0 Å². The number of thiazole rings is 1. The molecule has 0 saturated heterocycles. The average Bonchev–Trinajstić information content (AvgIpc) is 2.95. The highest BCUT2D eigenvalue weighted by Crippen LogP contribution is 2.29. The van der Waals surface area contributed by atoms with Gasteiger partial charge in [0.25, 0.3) is 10.0 Å². The quantitative estimate of drug-likeness (QED) is 0.831. The highest BCUT2D eigenvalue weighted by Gasteiger charge is 2.23. The summed E-state index contributed by atoms with van der Waals surface area (Å²) in [6.45, 7) is 4.11. The van der Waals surface area contributed by atoms with Gasteiger partial charge in [-0.25, -0.2) is 13.4 Å². The van der Waals surface area contributed by atoms with Crippen LogP contribution in [0.5, 0.6) is 0 Å². The van der Waals surface area contributed by atoms with Crippen molar-refractivity contribution in [3.63, 3.8) is 0 Å². The number of aromatic nitrogens is 1. The van der Waals surface area contributed by atoms with Gasteiger partial charge in [0.05, 0.1) is 12.2 Å². The molecular weight excluding hydrogens is 366 g/mol. The molecule has 2 rings (SSSR count). The third kappa shape index (κ3) is 3.22. The van der Waals surface area contributed by atoms with Gasteiger partial charge in [-0.05, 0) is 21.8 Å². The number of rotatable bonds is 5. The maximum atomic E-state index is 12.3. The molecule has 2 heterocycles. The molecule has 2 aromatic heterocycles. The van der Waals surface area contributed by atoms with Crippen LogP contribution in [0, 0.1) is 0 Å². The molecule has 0 aromatic carbocycles. The first-order chi connectivity index (χ1) is 9.33. The lowest BCUT2D eigenvalue weighted by Crippen LogP contribution is -2.12. The fourth-order valence-electron chi connectivity index (χ4n) is 1.45. The zero-order chi connectivity index (χ0) is 14.9. The van der Waals surface area contributed by atoms with E-state index in [9.17, 15) is 8.42 Å². The van der Waals surface area contributed by atoms with Gasteiger partial charge in [0, 0.05) is 11.4 Å². The molecule has 0 aliphatic rings. The third-order valence-electron chi connectivity index (χ3n) is 2.53. The van der Waals surface area contributed by atoms with Crippen molar-refractivity contribution in [2.24, 2.45) is 5.73 Å². The number of hydrogen-bond acceptors (Lipinski definition) is 6. The monoisotopic (exact) mass is 379 g/mol. The van der Waals surface area contributed by atoms with E-state index < -0.39 is 10.0 Å². The number of nitrogens with two attached hydrogens (primary N) is 1. The van der Waals surface area contributed by atoms with Crippen LogP contribution in [-0.2, 0) is 16.6 Å². The van der Waals surface area contributed by atoms with Gasteiger partial charge < -0.3 is 10.2 Å². The van der Waals surface area contributed by atoms with E-state index in [2.05, 4.69) is 25.6 Å². The SMILES string of the molecule is CC(C)c1csc(NS(=O)(=O)c2cc(CN)oc2Br)n1. The number of halogens is 1. The number of sulfonamides is 1. The zero-order valence-corrected chi connectivity index (χ0v) is 14.1. The van der Waals surface area contributed by atoms with E-state index in [4.69, 9.17) is 10.2 Å². The van der Waals surface area contributed by atoms with Crippen LogP contribution in [0.2, 0.25) is 0 Å². The molecule has 3 N–H and O–H groups in total.